The van der Waals surface area contributed by atoms with E-state index in [0.717, 1.165) is 12.1 Å². The number of imidazole rings is 1. The maximum atomic E-state index is 14.7. The van der Waals surface area contributed by atoms with E-state index in [-0.39, 0.29) is 44.0 Å². The van der Waals surface area contributed by atoms with Crippen molar-refractivity contribution in [2.24, 2.45) is 5.92 Å². The molecule has 1 aromatic heterocycles. The number of cyclic esters (lactones) is 1. The summed E-state index contributed by atoms with van der Waals surface area (Å²) in [5.74, 6) is -6.03. The van der Waals surface area contributed by atoms with Crippen molar-refractivity contribution in [2.75, 3.05) is 25.0 Å². The fourth-order valence-electron chi connectivity index (χ4n) is 8.73. The molecule has 5 heterocycles. The number of hydrogen-bond acceptors (Lipinski definition) is 9. The smallest absolute Gasteiger partial charge is 0.329 e. The van der Waals surface area contributed by atoms with Crippen molar-refractivity contribution in [3.63, 3.8) is 0 Å². The van der Waals surface area contributed by atoms with Crippen LogP contribution in [0.25, 0.3) is 11.0 Å². The van der Waals surface area contributed by atoms with Crippen molar-refractivity contribution >= 4 is 58.3 Å². The molecule has 4 aliphatic heterocycles. The van der Waals surface area contributed by atoms with Crippen molar-refractivity contribution in [3.8, 4) is 0 Å². The van der Waals surface area contributed by atoms with Gasteiger partial charge in [-0.1, -0.05) is 6.92 Å². The minimum Gasteiger partial charge on any atom is -0.458 e. The average molecular weight is 834 g/mol. The molecule has 4 fully saturated rings. The number of carbonyl (C=O) groups is 7. The summed E-state index contributed by atoms with van der Waals surface area (Å²) in [5.41, 5.74) is 1.59. The van der Waals surface area contributed by atoms with E-state index in [0.29, 0.717) is 48.5 Å². The monoisotopic (exact) mass is 833 g/mol. The van der Waals surface area contributed by atoms with E-state index < -0.39 is 102 Å². The molecule has 0 spiro atoms. The highest BCUT2D eigenvalue weighted by Gasteiger charge is 2.47. The number of esters is 1. The molecule has 0 saturated carbocycles. The SMILES string of the molecule is C[C@@H]1C[C@H]2C(=O)O[C@@H](C)[C@H](NC(=O)[C@H](Cc3cc(F)cc(F)c3)NC(=O)Nc3ccc4nc[nH]c4c3)C(=O)N3CCC[C@H]3C(=O)N3CCCC[C@H]3C(=O)N[C@@H](C)C(=O)N2C1. The molecule has 7 rings (SSSR count). The van der Waals surface area contributed by atoms with E-state index in [4.69, 9.17) is 4.74 Å². The lowest BCUT2D eigenvalue weighted by atomic mass is 9.99. The van der Waals surface area contributed by atoms with Gasteiger partial charge in [0.2, 0.25) is 29.5 Å². The van der Waals surface area contributed by atoms with Gasteiger partial charge in [0.25, 0.3) is 0 Å². The lowest BCUT2D eigenvalue weighted by Crippen LogP contribution is -2.63. The second-order valence-electron chi connectivity index (χ2n) is 16.2. The highest BCUT2D eigenvalue weighted by Crippen LogP contribution is 2.29. The Balaban J connectivity index is 1.21. The number of fused-ring (bicyclic) bond motifs is 4. The number of anilines is 1. The number of ether oxygens (including phenoxy) is 1. The van der Waals surface area contributed by atoms with Crippen LogP contribution in [-0.4, -0.2) is 128 Å². The Morgan fingerprint density at radius 1 is 0.867 bits per heavy atom. The Labute approximate surface area is 344 Å². The summed E-state index contributed by atoms with van der Waals surface area (Å²) in [6.45, 7) is 5.34. The Morgan fingerprint density at radius 2 is 1.58 bits per heavy atom. The molecule has 5 N–H and O–H groups in total. The topological polar surface area (TPSA) is 215 Å². The normalized spacial score (nSPS) is 27.1. The largest absolute Gasteiger partial charge is 0.458 e. The number of benzene rings is 2. The first-order chi connectivity index (χ1) is 28.7. The molecule has 0 unspecified atom stereocenters. The number of urea groups is 1. The number of H-pyrrole nitrogens is 1. The van der Waals surface area contributed by atoms with Crippen LogP contribution in [0.5, 0.6) is 0 Å². The number of nitrogens with one attached hydrogen (secondary N) is 5. The quantitative estimate of drug-likeness (QED) is 0.230. The predicted octanol–water partition coefficient (Wildman–Crippen LogP) is 2.12. The number of piperidine rings is 1. The molecule has 17 nitrogen and oxygen atoms in total. The summed E-state index contributed by atoms with van der Waals surface area (Å²) in [7, 11) is 0. The van der Waals surface area contributed by atoms with Gasteiger partial charge in [0.1, 0.15) is 54.0 Å². The van der Waals surface area contributed by atoms with Crippen LogP contribution in [-0.2, 0) is 39.9 Å². The maximum Gasteiger partial charge on any atom is 0.329 e. The van der Waals surface area contributed by atoms with Crippen LogP contribution in [0, 0.1) is 17.6 Å². The molecule has 8 atom stereocenters. The summed E-state index contributed by atoms with van der Waals surface area (Å²) < 4.78 is 34.7. The standard InChI is InChI=1S/C41H49F2N9O8/c1-21-13-33-40(58)60-23(3)34(39(57)51-12-6-8-32(51)38(56)50-11-5-4-7-31(50)36(54)46-22(2)37(55)52(33)19-21)49-35(53)30(16-24-14-25(42)17-26(43)15-24)48-41(59)47-27-9-10-28-29(18-27)45-20-44-28/h9-10,14-15,17-18,20-23,30-34H,4-8,11-13,16,19H2,1-3H3,(H,44,45)(H,46,54)(H,49,53)(H2,47,48,59)/t21-,22+,23+,30+,31+,32+,33+,34+/m1/s1. The second kappa shape index (κ2) is 17.6. The number of amides is 7. The molecule has 0 aliphatic carbocycles. The molecule has 3 aromatic rings. The van der Waals surface area contributed by atoms with E-state index in [9.17, 15) is 42.3 Å². The van der Waals surface area contributed by atoms with Gasteiger partial charge >= 0.3 is 12.0 Å². The van der Waals surface area contributed by atoms with Gasteiger partial charge in [0, 0.05) is 37.8 Å². The van der Waals surface area contributed by atoms with Crippen molar-refractivity contribution in [2.45, 2.75) is 108 Å². The fourth-order valence-corrected chi connectivity index (χ4v) is 8.73. The van der Waals surface area contributed by atoms with Gasteiger partial charge in [-0.2, -0.15) is 0 Å². The predicted molar refractivity (Wildman–Crippen MR) is 211 cm³/mol. The molecule has 60 heavy (non-hydrogen) atoms. The lowest BCUT2D eigenvalue weighted by molar-refractivity contribution is -0.163. The van der Waals surface area contributed by atoms with Gasteiger partial charge < -0.3 is 45.7 Å². The van der Waals surface area contributed by atoms with Crippen LogP contribution in [0.1, 0.15) is 64.9 Å². The number of hydrogen-bond donors (Lipinski definition) is 5. The number of nitrogens with zero attached hydrogens (tertiary/aromatic N) is 4. The van der Waals surface area contributed by atoms with E-state index in [1.807, 2.05) is 6.92 Å². The second-order valence-corrected chi connectivity index (χ2v) is 16.2. The third-order valence-corrected chi connectivity index (χ3v) is 11.7. The number of carbonyl (C=O) groups excluding carboxylic acids is 7. The van der Waals surface area contributed by atoms with Crippen LogP contribution < -0.4 is 21.3 Å². The van der Waals surface area contributed by atoms with E-state index in [1.165, 1.54) is 34.9 Å². The minimum absolute atomic E-state index is 0.00953. The van der Waals surface area contributed by atoms with Gasteiger partial charge in [-0.15, -0.1) is 0 Å². The third-order valence-electron chi connectivity index (χ3n) is 11.7. The molecule has 7 amide bonds. The van der Waals surface area contributed by atoms with E-state index in [2.05, 4.69) is 31.2 Å². The van der Waals surface area contributed by atoms with Gasteiger partial charge in [-0.3, -0.25) is 24.0 Å². The summed E-state index contributed by atoms with van der Waals surface area (Å²) >= 11 is 0. The molecule has 0 radical (unpaired) electrons. The summed E-state index contributed by atoms with van der Waals surface area (Å²) in [5, 5.41) is 10.6. The first-order valence-electron chi connectivity index (χ1n) is 20.3. The highest BCUT2D eigenvalue weighted by molar-refractivity contribution is 5.99. The molecular weight excluding hydrogens is 785 g/mol. The molecule has 4 saturated heterocycles. The molecule has 2 aromatic carbocycles. The highest BCUT2D eigenvalue weighted by atomic mass is 19.1. The van der Waals surface area contributed by atoms with Crippen molar-refractivity contribution in [3.05, 3.63) is 59.9 Å². The van der Waals surface area contributed by atoms with Gasteiger partial charge in [0.05, 0.1) is 17.4 Å². The number of halogens is 2. The minimum atomic E-state index is -1.63. The third kappa shape index (κ3) is 9.03. The van der Waals surface area contributed by atoms with Gasteiger partial charge in [-0.25, -0.2) is 23.4 Å². The molecule has 4 aliphatic rings. The first-order valence-corrected chi connectivity index (χ1v) is 20.3. The number of aromatic amines is 1. The van der Waals surface area contributed by atoms with E-state index >= 15 is 0 Å². The first kappa shape index (κ1) is 42.0. The number of rotatable bonds is 6. The molecule has 0 bridgehead atoms. The lowest BCUT2D eigenvalue weighted by Gasteiger charge is -2.39. The maximum absolute atomic E-state index is 14.7. The van der Waals surface area contributed by atoms with Crippen LogP contribution in [0.4, 0.5) is 19.3 Å². The summed E-state index contributed by atoms with van der Waals surface area (Å²) in [4.78, 5) is 110. The van der Waals surface area contributed by atoms with Crippen LogP contribution >= 0.6 is 0 Å². The van der Waals surface area contributed by atoms with Gasteiger partial charge in [0.15, 0.2) is 0 Å². The Kier molecular flexibility index (Phi) is 12.3. The van der Waals surface area contributed by atoms with Crippen molar-refractivity contribution in [1.82, 2.24) is 40.6 Å². The Morgan fingerprint density at radius 3 is 2.35 bits per heavy atom. The summed E-state index contributed by atoms with van der Waals surface area (Å²) in [6, 6.07) is -0.548. The zero-order valence-corrected chi connectivity index (χ0v) is 33.5. The van der Waals surface area contributed by atoms with Crippen LogP contribution in [0.2, 0.25) is 0 Å². The molecular formula is C41H49F2N9O8. The average Bonchev–Trinajstić information content (AvgIpc) is 3.98. The van der Waals surface area contributed by atoms with Crippen molar-refractivity contribution < 1.29 is 47.1 Å². The zero-order chi connectivity index (χ0) is 42.8. The van der Waals surface area contributed by atoms with Crippen molar-refractivity contribution in [1.29, 1.82) is 0 Å². The number of aromatic nitrogens is 2. The van der Waals surface area contributed by atoms with Crippen LogP contribution in [0.3, 0.4) is 0 Å². The Bertz CT molecular complexity index is 2170. The fraction of sp³-hybridized carbons (Fsp3) is 0.512. The zero-order valence-electron chi connectivity index (χ0n) is 33.5. The van der Waals surface area contributed by atoms with Gasteiger partial charge in [-0.05, 0) is 94.2 Å². The Hall–Kier alpha value is -6.14. The molecule has 19 heteroatoms. The summed E-state index contributed by atoms with van der Waals surface area (Å²) in [6.07, 6.45) is 2.22. The molecule has 320 valence electrons. The van der Waals surface area contributed by atoms with Crippen LogP contribution in [0.15, 0.2) is 42.7 Å². The van der Waals surface area contributed by atoms with E-state index in [1.54, 1.807) is 18.2 Å².